The van der Waals surface area contributed by atoms with E-state index in [1.165, 1.54) is 12.8 Å². The Morgan fingerprint density at radius 3 is 2.41 bits per heavy atom. The van der Waals surface area contributed by atoms with Crippen LogP contribution in [0.3, 0.4) is 0 Å². The number of ether oxygens (including phenoxy) is 1. The molecule has 0 radical (unpaired) electrons. The third kappa shape index (κ3) is 1.40. The fraction of sp³-hybridized carbons (Fsp3) is 1.00. The van der Waals surface area contributed by atoms with E-state index in [-0.39, 0.29) is 11.5 Å². The van der Waals surface area contributed by atoms with E-state index in [1.54, 1.807) is 0 Å². The molecule has 0 spiro atoms. The molecule has 3 rings (SSSR count). The molecule has 0 aromatic heterocycles. The van der Waals surface area contributed by atoms with Crippen LogP contribution < -0.4 is 0 Å². The van der Waals surface area contributed by atoms with Gasteiger partial charge in [0.15, 0.2) is 0 Å². The summed E-state index contributed by atoms with van der Waals surface area (Å²) in [6, 6.07) is 0. The summed E-state index contributed by atoms with van der Waals surface area (Å²) in [5.41, 5.74) is 0.583. The molecule has 0 aromatic carbocycles. The van der Waals surface area contributed by atoms with E-state index >= 15 is 0 Å². The number of aliphatic hydroxyl groups excluding tert-OH is 1. The molecule has 0 saturated heterocycles. The van der Waals surface area contributed by atoms with E-state index in [0.29, 0.717) is 17.4 Å². The van der Waals surface area contributed by atoms with Crippen molar-refractivity contribution in [2.75, 3.05) is 7.11 Å². The first-order valence-corrected chi connectivity index (χ1v) is 7.14. The van der Waals surface area contributed by atoms with E-state index in [4.69, 9.17) is 4.74 Å². The first kappa shape index (κ1) is 12.0. The normalized spacial score (nSPS) is 55.9. The predicted molar refractivity (Wildman–Crippen MR) is 67.6 cm³/mol. The maximum Gasteiger partial charge on any atom is 0.0641 e. The second kappa shape index (κ2) is 3.48. The molecule has 6 unspecified atom stereocenters. The lowest BCUT2D eigenvalue weighted by Crippen LogP contribution is -2.39. The molecule has 3 fully saturated rings. The second-order valence-corrected chi connectivity index (χ2v) is 7.40. The van der Waals surface area contributed by atoms with Gasteiger partial charge in [-0.3, -0.25) is 0 Å². The van der Waals surface area contributed by atoms with Crippen molar-refractivity contribution in [2.45, 2.75) is 58.7 Å². The Morgan fingerprint density at radius 1 is 1.06 bits per heavy atom. The molecule has 3 aliphatic carbocycles. The van der Waals surface area contributed by atoms with Crippen molar-refractivity contribution < 1.29 is 9.84 Å². The predicted octanol–water partition coefficient (Wildman–Crippen LogP) is 2.84. The fourth-order valence-electron chi connectivity index (χ4n) is 5.15. The molecule has 2 nitrogen and oxygen atoms in total. The van der Waals surface area contributed by atoms with E-state index in [2.05, 4.69) is 20.8 Å². The average molecular weight is 238 g/mol. The van der Waals surface area contributed by atoms with Crippen LogP contribution in [0.5, 0.6) is 0 Å². The van der Waals surface area contributed by atoms with E-state index in [9.17, 15) is 5.11 Å². The number of aliphatic hydroxyl groups is 1. The Bertz CT molecular complexity index is 325. The number of fused-ring (bicyclic) bond motifs is 2. The van der Waals surface area contributed by atoms with Crippen LogP contribution >= 0.6 is 0 Å². The monoisotopic (exact) mass is 238 g/mol. The largest absolute Gasteiger partial charge is 0.393 e. The Labute approximate surface area is 105 Å². The minimum Gasteiger partial charge on any atom is -0.393 e. The zero-order valence-corrected chi connectivity index (χ0v) is 11.6. The summed E-state index contributed by atoms with van der Waals surface area (Å²) in [5, 5.41) is 10.3. The third-order valence-corrected chi connectivity index (χ3v) is 6.52. The van der Waals surface area contributed by atoms with Gasteiger partial charge < -0.3 is 9.84 Å². The number of hydrogen-bond donors (Lipinski definition) is 1. The number of rotatable bonds is 1. The van der Waals surface area contributed by atoms with Gasteiger partial charge in [-0.05, 0) is 54.3 Å². The molecule has 0 amide bonds. The lowest BCUT2D eigenvalue weighted by Gasteiger charge is -2.38. The molecular formula is C15H26O2. The zero-order chi connectivity index (χ0) is 12.4. The van der Waals surface area contributed by atoms with Gasteiger partial charge in [-0.1, -0.05) is 20.8 Å². The van der Waals surface area contributed by atoms with Crippen molar-refractivity contribution in [1.29, 1.82) is 0 Å². The summed E-state index contributed by atoms with van der Waals surface area (Å²) in [4.78, 5) is 0. The average Bonchev–Trinajstić information content (AvgIpc) is 2.75. The van der Waals surface area contributed by atoms with Crippen LogP contribution in [-0.2, 0) is 4.74 Å². The molecular weight excluding hydrogens is 212 g/mol. The third-order valence-electron chi connectivity index (χ3n) is 6.52. The molecule has 2 heteroatoms. The van der Waals surface area contributed by atoms with Crippen LogP contribution in [0.25, 0.3) is 0 Å². The summed E-state index contributed by atoms with van der Waals surface area (Å²) in [5.74, 6) is 2.12. The van der Waals surface area contributed by atoms with Crippen molar-refractivity contribution in [3.05, 3.63) is 0 Å². The maximum absolute atomic E-state index is 10.3. The molecule has 0 bridgehead atoms. The molecule has 3 aliphatic rings. The van der Waals surface area contributed by atoms with Gasteiger partial charge in [-0.25, -0.2) is 0 Å². The van der Waals surface area contributed by atoms with Gasteiger partial charge in [-0.2, -0.15) is 0 Å². The van der Waals surface area contributed by atoms with Crippen molar-refractivity contribution in [3.8, 4) is 0 Å². The molecule has 17 heavy (non-hydrogen) atoms. The Hall–Kier alpha value is -0.0800. The molecule has 98 valence electrons. The Morgan fingerprint density at radius 2 is 1.76 bits per heavy atom. The highest BCUT2D eigenvalue weighted by molar-refractivity contribution is 5.15. The molecule has 0 aromatic rings. The number of methoxy groups -OCH3 is 1. The molecule has 0 aliphatic heterocycles. The highest BCUT2D eigenvalue weighted by Gasteiger charge is 2.67. The maximum atomic E-state index is 10.3. The van der Waals surface area contributed by atoms with Gasteiger partial charge in [0.25, 0.3) is 0 Å². The standard InChI is InChI=1S/C15H26O2/c1-14(2)9-7-8-15(3)10(5-6-11(15)16)13(17-4)12(9)14/h9-13,16H,5-8H2,1-4H3. The van der Waals surface area contributed by atoms with Crippen LogP contribution in [0.4, 0.5) is 0 Å². The van der Waals surface area contributed by atoms with Gasteiger partial charge >= 0.3 is 0 Å². The second-order valence-electron chi connectivity index (χ2n) is 7.40. The highest BCUT2D eigenvalue weighted by Crippen LogP contribution is 2.69. The van der Waals surface area contributed by atoms with E-state index in [1.807, 2.05) is 7.11 Å². The summed E-state index contributed by atoms with van der Waals surface area (Å²) >= 11 is 0. The summed E-state index contributed by atoms with van der Waals surface area (Å²) < 4.78 is 5.88. The highest BCUT2D eigenvalue weighted by atomic mass is 16.5. The van der Waals surface area contributed by atoms with Crippen molar-refractivity contribution in [3.63, 3.8) is 0 Å². The van der Waals surface area contributed by atoms with Gasteiger partial charge in [-0.15, -0.1) is 0 Å². The summed E-state index contributed by atoms with van der Waals surface area (Å²) in [6.07, 6.45) is 4.85. The van der Waals surface area contributed by atoms with Crippen LogP contribution in [0.15, 0.2) is 0 Å². The van der Waals surface area contributed by atoms with Crippen molar-refractivity contribution >= 4 is 0 Å². The first-order chi connectivity index (χ1) is 7.93. The van der Waals surface area contributed by atoms with E-state index in [0.717, 1.165) is 24.7 Å². The molecule has 1 N–H and O–H groups in total. The van der Waals surface area contributed by atoms with E-state index < -0.39 is 0 Å². The van der Waals surface area contributed by atoms with Crippen LogP contribution in [0, 0.1) is 28.6 Å². The summed E-state index contributed by atoms with van der Waals surface area (Å²) in [7, 11) is 1.87. The van der Waals surface area contributed by atoms with Crippen LogP contribution in [-0.4, -0.2) is 24.4 Å². The van der Waals surface area contributed by atoms with Crippen molar-refractivity contribution in [2.24, 2.45) is 28.6 Å². The Balaban J connectivity index is 1.92. The molecule has 0 heterocycles. The fourth-order valence-corrected chi connectivity index (χ4v) is 5.15. The van der Waals surface area contributed by atoms with Crippen LogP contribution in [0.2, 0.25) is 0 Å². The summed E-state index contributed by atoms with van der Waals surface area (Å²) in [6.45, 7) is 7.07. The zero-order valence-electron chi connectivity index (χ0n) is 11.6. The topological polar surface area (TPSA) is 29.5 Å². The quantitative estimate of drug-likeness (QED) is 0.761. The van der Waals surface area contributed by atoms with Gasteiger partial charge in [0.2, 0.25) is 0 Å². The van der Waals surface area contributed by atoms with Gasteiger partial charge in [0.1, 0.15) is 0 Å². The smallest absolute Gasteiger partial charge is 0.0641 e. The van der Waals surface area contributed by atoms with Gasteiger partial charge in [0.05, 0.1) is 12.2 Å². The Kier molecular flexibility index (Phi) is 2.45. The minimum atomic E-state index is -0.106. The van der Waals surface area contributed by atoms with Crippen molar-refractivity contribution in [1.82, 2.24) is 0 Å². The SMILES string of the molecule is COC1C2C(CCC3(C)C(O)CCC13)C2(C)C. The lowest BCUT2D eigenvalue weighted by molar-refractivity contribution is -0.0440. The van der Waals surface area contributed by atoms with Gasteiger partial charge in [0, 0.05) is 7.11 Å². The molecule has 6 atom stereocenters. The van der Waals surface area contributed by atoms with Crippen LogP contribution in [0.1, 0.15) is 46.5 Å². The first-order valence-electron chi connectivity index (χ1n) is 7.14. The molecule has 3 saturated carbocycles. The number of hydrogen-bond acceptors (Lipinski definition) is 2. The minimum absolute atomic E-state index is 0.106. The lowest BCUT2D eigenvalue weighted by atomic mass is 9.71.